The molecule has 146 valence electrons. The molecule has 0 bridgehead atoms. The van der Waals surface area contributed by atoms with E-state index in [1.165, 1.54) is 4.31 Å². The Balaban J connectivity index is 1.87. The van der Waals surface area contributed by atoms with E-state index >= 15 is 0 Å². The molecule has 0 radical (unpaired) electrons. The van der Waals surface area contributed by atoms with E-state index in [2.05, 4.69) is 5.32 Å². The second kappa shape index (κ2) is 7.92. The number of ether oxygens (including phenoxy) is 1. The highest BCUT2D eigenvalue weighted by molar-refractivity contribution is 7.89. The van der Waals surface area contributed by atoms with Crippen molar-refractivity contribution in [2.45, 2.75) is 30.9 Å². The number of hydrogen-bond acceptors (Lipinski definition) is 4. The number of benzene rings is 2. The molecule has 1 N–H and O–H groups in total. The third kappa shape index (κ3) is 4.28. The maximum atomic E-state index is 13.5. The highest BCUT2D eigenvalue weighted by Gasteiger charge is 2.32. The molecule has 1 saturated heterocycles. The molecule has 27 heavy (non-hydrogen) atoms. The molecule has 0 saturated carbocycles. The Morgan fingerprint density at radius 1 is 1.15 bits per heavy atom. The molecule has 1 heterocycles. The largest absolute Gasteiger partial charge is 0.491 e. The SMILES string of the molecule is CC(C)Oc1ccccc1[C@@H]1CN(S(=O)(=O)c2ccc(F)c(F)c2)CCN1. The van der Waals surface area contributed by atoms with Crippen LogP contribution in [0.2, 0.25) is 0 Å². The van der Waals surface area contributed by atoms with Crippen molar-refractivity contribution in [1.29, 1.82) is 0 Å². The van der Waals surface area contributed by atoms with Crippen LogP contribution in [0, 0.1) is 11.6 Å². The van der Waals surface area contributed by atoms with Gasteiger partial charge in [0.2, 0.25) is 10.0 Å². The Bertz CT molecular complexity index is 919. The van der Waals surface area contributed by atoms with E-state index in [-0.39, 0.29) is 30.1 Å². The van der Waals surface area contributed by atoms with Crippen LogP contribution in [0.25, 0.3) is 0 Å². The smallest absolute Gasteiger partial charge is 0.243 e. The predicted molar refractivity (Wildman–Crippen MR) is 98.1 cm³/mol. The molecule has 2 aromatic carbocycles. The fourth-order valence-corrected chi connectivity index (χ4v) is 4.53. The number of sulfonamides is 1. The number of para-hydroxylation sites is 1. The summed E-state index contributed by atoms with van der Waals surface area (Å²) in [6.45, 7) is 4.68. The van der Waals surface area contributed by atoms with E-state index in [0.717, 1.165) is 23.8 Å². The summed E-state index contributed by atoms with van der Waals surface area (Å²) in [6.07, 6.45) is -0.0169. The Kier molecular flexibility index (Phi) is 5.78. The quantitative estimate of drug-likeness (QED) is 0.844. The number of halogens is 2. The minimum atomic E-state index is -3.93. The number of piperazine rings is 1. The molecule has 3 rings (SSSR count). The monoisotopic (exact) mass is 396 g/mol. The first-order valence-electron chi connectivity index (χ1n) is 8.73. The third-order valence-electron chi connectivity index (χ3n) is 4.32. The zero-order chi connectivity index (χ0) is 19.6. The Morgan fingerprint density at radius 3 is 2.59 bits per heavy atom. The lowest BCUT2D eigenvalue weighted by molar-refractivity contribution is 0.232. The normalized spacial score (nSPS) is 18.6. The molecule has 8 heteroatoms. The van der Waals surface area contributed by atoms with E-state index in [0.29, 0.717) is 12.3 Å². The van der Waals surface area contributed by atoms with Crippen molar-refractivity contribution in [2.24, 2.45) is 0 Å². The average molecular weight is 396 g/mol. The fraction of sp³-hybridized carbons (Fsp3) is 0.368. The van der Waals surface area contributed by atoms with Crippen LogP contribution in [0.1, 0.15) is 25.5 Å². The second-order valence-corrected chi connectivity index (χ2v) is 8.59. The van der Waals surface area contributed by atoms with Crippen LogP contribution in [-0.2, 0) is 10.0 Å². The van der Waals surface area contributed by atoms with Gasteiger partial charge in [0, 0.05) is 31.2 Å². The summed E-state index contributed by atoms with van der Waals surface area (Å²) in [5, 5.41) is 3.30. The van der Waals surface area contributed by atoms with Crippen molar-refractivity contribution < 1.29 is 21.9 Å². The van der Waals surface area contributed by atoms with Gasteiger partial charge in [-0.15, -0.1) is 0 Å². The first-order valence-corrected chi connectivity index (χ1v) is 10.2. The van der Waals surface area contributed by atoms with Crippen LogP contribution >= 0.6 is 0 Å². The first-order chi connectivity index (χ1) is 12.8. The third-order valence-corrected chi connectivity index (χ3v) is 6.19. The van der Waals surface area contributed by atoms with Crippen molar-refractivity contribution in [3.63, 3.8) is 0 Å². The van der Waals surface area contributed by atoms with E-state index in [1.54, 1.807) is 0 Å². The molecule has 0 aliphatic carbocycles. The number of nitrogens with zero attached hydrogens (tertiary/aromatic N) is 1. The van der Waals surface area contributed by atoms with Crippen molar-refractivity contribution in [2.75, 3.05) is 19.6 Å². The minimum Gasteiger partial charge on any atom is -0.491 e. The van der Waals surface area contributed by atoms with Crippen molar-refractivity contribution in [1.82, 2.24) is 9.62 Å². The van der Waals surface area contributed by atoms with Gasteiger partial charge >= 0.3 is 0 Å². The van der Waals surface area contributed by atoms with Gasteiger partial charge in [0.25, 0.3) is 0 Å². The molecule has 0 amide bonds. The summed E-state index contributed by atoms with van der Waals surface area (Å²) in [7, 11) is -3.93. The van der Waals surface area contributed by atoms with Gasteiger partial charge in [-0.1, -0.05) is 18.2 Å². The highest BCUT2D eigenvalue weighted by atomic mass is 32.2. The molecular formula is C19H22F2N2O3S. The first kappa shape index (κ1) is 19.7. The summed E-state index contributed by atoms with van der Waals surface area (Å²) >= 11 is 0. The molecule has 1 fully saturated rings. The lowest BCUT2D eigenvalue weighted by atomic mass is 10.0. The van der Waals surface area contributed by atoms with Gasteiger partial charge in [0.05, 0.1) is 11.0 Å². The lowest BCUT2D eigenvalue weighted by Crippen LogP contribution is -2.48. The molecule has 0 unspecified atom stereocenters. The second-order valence-electron chi connectivity index (χ2n) is 6.65. The maximum absolute atomic E-state index is 13.5. The van der Waals surface area contributed by atoms with Crippen LogP contribution in [0.5, 0.6) is 5.75 Å². The van der Waals surface area contributed by atoms with E-state index in [4.69, 9.17) is 4.74 Å². The van der Waals surface area contributed by atoms with Crippen LogP contribution in [0.4, 0.5) is 8.78 Å². The maximum Gasteiger partial charge on any atom is 0.243 e. The molecular weight excluding hydrogens is 374 g/mol. The van der Waals surface area contributed by atoms with Gasteiger partial charge in [0.1, 0.15) is 5.75 Å². The van der Waals surface area contributed by atoms with Gasteiger partial charge in [-0.2, -0.15) is 4.31 Å². The van der Waals surface area contributed by atoms with Crippen LogP contribution in [-0.4, -0.2) is 38.5 Å². The number of rotatable bonds is 5. The highest BCUT2D eigenvalue weighted by Crippen LogP contribution is 2.30. The molecule has 0 spiro atoms. The zero-order valence-corrected chi connectivity index (χ0v) is 16.0. The topological polar surface area (TPSA) is 58.6 Å². The summed E-state index contributed by atoms with van der Waals surface area (Å²) in [5.74, 6) is -1.57. The Morgan fingerprint density at radius 2 is 1.89 bits per heavy atom. The Labute approximate surface area is 158 Å². The van der Waals surface area contributed by atoms with Gasteiger partial charge < -0.3 is 10.1 Å². The van der Waals surface area contributed by atoms with Gasteiger partial charge in [-0.05, 0) is 38.1 Å². The van der Waals surface area contributed by atoms with Gasteiger partial charge in [-0.3, -0.25) is 0 Å². The van der Waals surface area contributed by atoms with Crippen molar-refractivity contribution in [3.8, 4) is 5.75 Å². The van der Waals surface area contributed by atoms with Crippen LogP contribution < -0.4 is 10.1 Å². The standard InChI is InChI=1S/C19H22F2N2O3S/c1-13(2)26-19-6-4-3-5-15(19)18-12-23(10-9-22-18)27(24,25)14-7-8-16(20)17(21)11-14/h3-8,11,13,18,22H,9-10,12H2,1-2H3/t18-/m0/s1. The van der Waals surface area contributed by atoms with Crippen LogP contribution in [0.3, 0.4) is 0 Å². The minimum absolute atomic E-state index is 0.0169. The summed E-state index contributed by atoms with van der Waals surface area (Å²) in [4.78, 5) is -0.256. The average Bonchev–Trinajstić information content (AvgIpc) is 2.64. The summed E-state index contributed by atoms with van der Waals surface area (Å²) < 4.78 is 59.5. The van der Waals surface area contributed by atoms with E-state index < -0.39 is 21.7 Å². The predicted octanol–water partition coefficient (Wildman–Crippen LogP) is 3.09. The molecule has 1 aliphatic heterocycles. The summed E-state index contributed by atoms with van der Waals surface area (Å²) in [6, 6.07) is 9.83. The molecule has 1 atom stereocenters. The number of nitrogens with one attached hydrogen (secondary N) is 1. The zero-order valence-electron chi connectivity index (χ0n) is 15.2. The van der Waals surface area contributed by atoms with Crippen molar-refractivity contribution in [3.05, 3.63) is 59.7 Å². The van der Waals surface area contributed by atoms with Crippen molar-refractivity contribution >= 4 is 10.0 Å². The Hall–Kier alpha value is -2.03. The number of hydrogen-bond donors (Lipinski definition) is 1. The fourth-order valence-electron chi connectivity index (χ4n) is 3.07. The molecule has 5 nitrogen and oxygen atoms in total. The summed E-state index contributed by atoms with van der Waals surface area (Å²) in [5.41, 5.74) is 0.858. The molecule has 0 aromatic heterocycles. The van der Waals surface area contributed by atoms with E-state index in [9.17, 15) is 17.2 Å². The molecule has 1 aliphatic rings. The van der Waals surface area contributed by atoms with Gasteiger partial charge in [0.15, 0.2) is 11.6 Å². The molecule has 2 aromatic rings. The van der Waals surface area contributed by atoms with Gasteiger partial charge in [-0.25, -0.2) is 17.2 Å². The van der Waals surface area contributed by atoms with E-state index in [1.807, 2.05) is 38.1 Å². The van der Waals surface area contributed by atoms with Crippen LogP contribution in [0.15, 0.2) is 47.4 Å². The lowest BCUT2D eigenvalue weighted by Gasteiger charge is -2.34.